The van der Waals surface area contributed by atoms with E-state index >= 15 is 0 Å². The molecule has 3 aliphatic rings. The van der Waals surface area contributed by atoms with E-state index < -0.39 is 0 Å². The van der Waals surface area contributed by atoms with E-state index in [1.807, 2.05) is 21.9 Å². The van der Waals surface area contributed by atoms with Gasteiger partial charge < -0.3 is 25.2 Å². The first kappa shape index (κ1) is 31.4. The summed E-state index contributed by atoms with van der Waals surface area (Å²) in [6.45, 7) is 13.4. The molecule has 9 heteroatoms. The van der Waals surface area contributed by atoms with Crippen LogP contribution in [0.5, 0.6) is 5.75 Å². The minimum atomic E-state index is -0.0316. The van der Waals surface area contributed by atoms with Crippen molar-refractivity contribution >= 4 is 34.8 Å². The van der Waals surface area contributed by atoms with Crippen LogP contribution in [0.2, 0.25) is 5.02 Å². The van der Waals surface area contributed by atoms with E-state index in [2.05, 4.69) is 47.6 Å². The van der Waals surface area contributed by atoms with Crippen LogP contribution < -0.4 is 20.3 Å². The van der Waals surface area contributed by atoms with E-state index in [0.717, 1.165) is 105 Å². The molecule has 2 aromatic carbocycles. The van der Waals surface area contributed by atoms with Gasteiger partial charge in [-0.3, -0.25) is 14.5 Å². The monoisotopic (exact) mass is 607 g/mol. The molecule has 0 aliphatic carbocycles. The Bertz CT molecular complexity index is 1310. The quantitative estimate of drug-likeness (QED) is 0.276. The molecule has 8 nitrogen and oxygen atoms in total. The van der Waals surface area contributed by atoms with Crippen LogP contribution in [0.3, 0.4) is 0 Å². The fourth-order valence-electron chi connectivity index (χ4n) is 6.60. The zero-order valence-corrected chi connectivity index (χ0v) is 26.3. The number of benzene rings is 2. The zero-order valence-electron chi connectivity index (χ0n) is 25.5. The van der Waals surface area contributed by atoms with Crippen LogP contribution in [0.1, 0.15) is 49.7 Å². The van der Waals surface area contributed by atoms with E-state index in [4.69, 9.17) is 22.1 Å². The molecular weight excluding hydrogens is 562 g/mol. The molecule has 2 fully saturated rings. The van der Waals surface area contributed by atoms with Crippen molar-refractivity contribution in [3.8, 4) is 5.75 Å². The number of unbranched alkanes of at least 4 members (excludes halogenated alkanes) is 1. The number of hydrogen-bond acceptors (Lipinski definition) is 6. The lowest BCUT2D eigenvalue weighted by Crippen LogP contribution is -2.46. The number of nitrogens with zero attached hydrogens (tertiary/aromatic N) is 4. The Morgan fingerprint density at radius 1 is 1.05 bits per heavy atom. The highest BCUT2D eigenvalue weighted by molar-refractivity contribution is 6.34. The Kier molecular flexibility index (Phi) is 10.6. The van der Waals surface area contributed by atoms with Gasteiger partial charge in [-0.25, -0.2) is 0 Å². The smallest absolute Gasteiger partial charge is 0.236 e. The lowest BCUT2D eigenvalue weighted by molar-refractivity contribution is -0.130. The molecule has 5 rings (SSSR count). The van der Waals surface area contributed by atoms with Gasteiger partial charge in [-0.15, -0.1) is 0 Å². The molecule has 2 N–H and O–H groups in total. The zero-order chi connectivity index (χ0) is 30.3. The molecule has 3 heterocycles. The summed E-state index contributed by atoms with van der Waals surface area (Å²) in [5.74, 6) is 0.899. The topological polar surface area (TPSA) is 82.4 Å². The average molecular weight is 608 g/mol. The number of amides is 2. The van der Waals surface area contributed by atoms with Gasteiger partial charge in [-0.1, -0.05) is 42.0 Å². The Labute approximate surface area is 261 Å². The molecule has 1 atom stereocenters. The van der Waals surface area contributed by atoms with Crippen LogP contribution in [0.25, 0.3) is 0 Å². The maximum atomic E-state index is 13.0. The summed E-state index contributed by atoms with van der Waals surface area (Å²) in [4.78, 5) is 33.9. The lowest BCUT2D eigenvalue weighted by Gasteiger charge is -2.36. The van der Waals surface area contributed by atoms with Crippen LogP contribution in [0.15, 0.2) is 48.6 Å². The predicted molar refractivity (Wildman–Crippen MR) is 174 cm³/mol. The SMILES string of the molecule is C=C(CCN1C(=O)CCc2ccc(OCCCCN3CCN(c4cccc(C)c4Cl)CC3)cc21)C1CCCN1C(=O)CN. The number of fused-ring (bicyclic) bond motifs is 1. The third-order valence-electron chi connectivity index (χ3n) is 9.15. The fourth-order valence-corrected chi connectivity index (χ4v) is 6.84. The second-order valence-corrected chi connectivity index (χ2v) is 12.4. The van der Waals surface area contributed by atoms with Crippen LogP contribution in [-0.2, 0) is 16.0 Å². The van der Waals surface area contributed by atoms with E-state index in [1.165, 1.54) is 5.56 Å². The molecule has 2 aromatic rings. The number of nitrogens with two attached hydrogens (primary N) is 1. The number of anilines is 2. The Hall–Kier alpha value is -3.07. The summed E-state index contributed by atoms with van der Waals surface area (Å²) in [7, 11) is 0. The number of carbonyl (C=O) groups excluding carboxylic acids is 2. The van der Waals surface area contributed by atoms with Crippen LogP contribution >= 0.6 is 11.6 Å². The number of hydrogen-bond donors (Lipinski definition) is 1. The number of ether oxygens (including phenoxy) is 1. The Balaban J connectivity index is 1.07. The van der Waals surface area contributed by atoms with Gasteiger partial charge in [-0.2, -0.15) is 0 Å². The molecule has 2 saturated heterocycles. The Morgan fingerprint density at radius 3 is 2.65 bits per heavy atom. The van der Waals surface area contributed by atoms with Gasteiger partial charge in [0, 0.05) is 51.8 Å². The van der Waals surface area contributed by atoms with Crippen LogP contribution in [-0.4, -0.2) is 86.6 Å². The minimum Gasteiger partial charge on any atom is -0.494 e. The molecule has 0 saturated carbocycles. The van der Waals surface area contributed by atoms with Crippen LogP contribution in [0.4, 0.5) is 11.4 Å². The van der Waals surface area contributed by atoms with Crippen molar-refractivity contribution < 1.29 is 14.3 Å². The third kappa shape index (κ3) is 7.54. The second kappa shape index (κ2) is 14.6. The molecule has 0 radical (unpaired) electrons. The maximum absolute atomic E-state index is 13.0. The highest BCUT2D eigenvalue weighted by Gasteiger charge is 2.31. The molecule has 43 heavy (non-hydrogen) atoms. The first-order chi connectivity index (χ1) is 20.9. The number of likely N-dealkylation sites (tertiary alicyclic amines) is 1. The number of piperazine rings is 1. The van der Waals surface area contributed by atoms with E-state index in [0.29, 0.717) is 26.0 Å². The largest absolute Gasteiger partial charge is 0.494 e. The molecule has 0 bridgehead atoms. The van der Waals surface area contributed by atoms with Gasteiger partial charge in [0.1, 0.15) is 5.75 Å². The van der Waals surface area contributed by atoms with E-state index in [1.54, 1.807) is 0 Å². The van der Waals surface area contributed by atoms with Crippen LogP contribution in [0, 0.1) is 6.92 Å². The van der Waals surface area contributed by atoms with E-state index in [9.17, 15) is 9.59 Å². The van der Waals surface area contributed by atoms with Gasteiger partial charge in [0.05, 0.1) is 35.6 Å². The average Bonchev–Trinajstić information content (AvgIpc) is 3.52. The van der Waals surface area contributed by atoms with Crippen molar-refractivity contribution in [3.63, 3.8) is 0 Å². The van der Waals surface area contributed by atoms with Crippen molar-refractivity contribution in [3.05, 3.63) is 64.7 Å². The maximum Gasteiger partial charge on any atom is 0.236 e. The number of aryl methyl sites for hydroxylation is 2. The predicted octanol–water partition coefficient (Wildman–Crippen LogP) is 4.80. The standard InChI is InChI=1S/C34H46ClN5O3/c1-25(29-9-6-16-39(29)33(42)24-36)14-17-40-31-23-28(12-10-27(31)11-13-32(40)41)43-22-4-3-15-37-18-20-38(21-19-37)30-8-5-7-26(2)34(30)35/h5,7-8,10,12,23,29H,1,3-4,6,9,11,13-22,24,36H2,2H3. The summed E-state index contributed by atoms with van der Waals surface area (Å²) < 4.78 is 6.15. The summed E-state index contributed by atoms with van der Waals surface area (Å²) in [6, 6.07) is 12.4. The van der Waals surface area contributed by atoms with Crippen molar-refractivity contribution in [1.29, 1.82) is 0 Å². The summed E-state index contributed by atoms with van der Waals surface area (Å²) in [5.41, 5.74) is 11.0. The molecule has 0 spiro atoms. The van der Waals surface area contributed by atoms with Crippen molar-refractivity contribution in [2.24, 2.45) is 5.73 Å². The fraction of sp³-hybridized carbons (Fsp3) is 0.529. The summed E-state index contributed by atoms with van der Waals surface area (Å²) in [6.07, 6.45) is 5.83. The summed E-state index contributed by atoms with van der Waals surface area (Å²) in [5, 5.41) is 0.865. The molecule has 2 amide bonds. The number of carbonyl (C=O) groups is 2. The van der Waals surface area contributed by atoms with Crippen molar-refractivity contribution in [1.82, 2.24) is 9.80 Å². The normalized spacial score (nSPS) is 19.1. The van der Waals surface area contributed by atoms with Gasteiger partial charge in [0.2, 0.25) is 11.8 Å². The number of rotatable bonds is 12. The van der Waals surface area contributed by atoms with Gasteiger partial charge >= 0.3 is 0 Å². The highest BCUT2D eigenvalue weighted by atomic mass is 35.5. The van der Waals surface area contributed by atoms with Gasteiger partial charge in [0.25, 0.3) is 0 Å². The first-order valence-electron chi connectivity index (χ1n) is 15.8. The van der Waals surface area contributed by atoms with Crippen molar-refractivity contribution in [2.75, 3.05) is 68.8 Å². The second-order valence-electron chi connectivity index (χ2n) is 12.0. The van der Waals surface area contributed by atoms with E-state index in [-0.39, 0.29) is 24.4 Å². The molecule has 3 aliphatic heterocycles. The summed E-state index contributed by atoms with van der Waals surface area (Å²) >= 11 is 6.55. The first-order valence-corrected chi connectivity index (χ1v) is 16.2. The third-order valence-corrected chi connectivity index (χ3v) is 9.65. The number of halogens is 1. The minimum absolute atomic E-state index is 0.0144. The van der Waals surface area contributed by atoms with Crippen molar-refractivity contribution in [2.45, 2.75) is 57.9 Å². The molecule has 232 valence electrons. The van der Waals surface area contributed by atoms with Gasteiger partial charge in [0.15, 0.2) is 0 Å². The molecule has 1 unspecified atom stereocenters. The Morgan fingerprint density at radius 2 is 1.86 bits per heavy atom. The highest BCUT2D eigenvalue weighted by Crippen LogP contribution is 2.33. The lowest BCUT2D eigenvalue weighted by atomic mass is 9.98. The van der Waals surface area contributed by atoms with Gasteiger partial charge in [-0.05, 0) is 75.3 Å². The molecule has 0 aromatic heterocycles. The molecular formula is C34H46ClN5O3.